The highest BCUT2D eigenvalue weighted by Gasteiger charge is 2.16. The first-order valence-electron chi connectivity index (χ1n) is 6.29. The number of aromatic nitrogens is 4. The van der Waals surface area contributed by atoms with E-state index in [2.05, 4.69) is 33.0 Å². The Labute approximate surface area is 120 Å². The lowest BCUT2D eigenvalue weighted by Gasteiger charge is -2.12. The van der Waals surface area contributed by atoms with Gasteiger partial charge in [-0.15, -0.1) is 5.10 Å². The topological polar surface area (TPSA) is 68.8 Å². The van der Waals surface area contributed by atoms with Gasteiger partial charge in [0.05, 0.1) is 6.04 Å². The third-order valence-corrected chi connectivity index (χ3v) is 4.20. The Morgan fingerprint density at radius 3 is 2.95 bits per heavy atom. The molecule has 2 aromatic heterocycles. The van der Waals surface area contributed by atoms with Gasteiger partial charge in [0.2, 0.25) is 5.16 Å². The van der Waals surface area contributed by atoms with Gasteiger partial charge in [-0.25, -0.2) is 4.68 Å². The minimum absolute atomic E-state index is 0.115. The second kappa shape index (κ2) is 5.64. The highest BCUT2D eigenvalue weighted by molar-refractivity contribution is 7.99. The van der Waals surface area contributed by atoms with E-state index >= 15 is 0 Å². The van der Waals surface area contributed by atoms with Crippen LogP contribution in [0.4, 0.5) is 0 Å². The number of aryl methyl sites for hydroxylation is 1. The highest BCUT2D eigenvalue weighted by atomic mass is 32.2. The van der Waals surface area contributed by atoms with Gasteiger partial charge in [-0.2, -0.15) is 0 Å². The van der Waals surface area contributed by atoms with Crippen LogP contribution in [0.1, 0.15) is 11.8 Å². The predicted molar refractivity (Wildman–Crippen MR) is 77.5 cm³/mol. The predicted octanol–water partition coefficient (Wildman–Crippen LogP) is 2.01. The van der Waals surface area contributed by atoms with Gasteiger partial charge in [-0.05, 0) is 29.6 Å². The maximum absolute atomic E-state index is 5.89. The molecule has 1 unspecified atom stereocenters. The number of benzene rings is 1. The van der Waals surface area contributed by atoms with Crippen molar-refractivity contribution in [2.75, 3.05) is 12.8 Å². The molecule has 0 aliphatic carbocycles. The Kier molecular flexibility index (Phi) is 3.70. The van der Waals surface area contributed by atoms with Gasteiger partial charge in [-0.1, -0.05) is 30.0 Å². The van der Waals surface area contributed by atoms with Crippen LogP contribution < -0.4 is 5.32 Å². The van der Waals surface area contributed by atoms with E-state index in [9.17, 15) is 0 Å². The minimum Gasteiger partial charge on any atom is -0.459 e. The molecule has 0 saturated carbocycles. The van der Waals surface area contributed by atoms with Crippen molar-refractivity contribution in [2.45, 2.75) is 11.2 Å². The summed E-state index contributed by atoms with van der Waals surface area (Å²) in [5.41, 5.74) is 0.910. The molecule has 3 aromatic rings. The van der Waals surface area contributed by atoms with Crippen molar-refractivity contribution in [3.63, 3.8) is 0 Å². The van der Waals surface area contributed by atoms with Crippen LogP contribution in [0.2, 0.25) is 0 Å². The van der Waals surface area contributed by atoms with Crippen LogP contribution in [-0.4, -0.2) is 33.0 Å². The minimum atomic E-state index is 0.115. The van der Waals surface area contributed by atoms with Crippen LogP contribution in [0.5, 0.6) is 0 Å². The molecule has 0 aliphatic rings. The van der Waals surface area contributed by atoms with E-state index in [1.807, 2.05) is 32.3 Å². The molecule has 1 N–H and O–H groups in total. The molecule has 104 valence electrons. The first-order valence-corrected chi connectivity index (χ1v) is 7.27. The van der Waals surface area contributed by atoms with Crippen molar-refractivity contribution in [1.82, 2.24) is 25.5 Å². The number of fused-ring (bicyclic) bond motifs is 1. The van der Waals surface area contributed by atoms with Crippen molar-refractivity contribution in [3.8, 4) is 0 Å². The van der Waals surface area contributed by atoms with Crippen molar-refractivity contribution < 1.29 is 4.42 Å². The molecular weight excluding hydrogens is 274 g/mol. The van der Waals surface area contributed by atoms with Gasteiger partial charge in [0.1, 0.15) is 11.3 Å². The van der Waals surface area contributed by atoms with E-state index in [1.54, 1.807) is 16.4 Å². The van der Waals surface area contributed by atoms with Crippen molar-refractivity contribution in [1.29, 1.82) is 0 Å². The van der Waals surface area contributed by atoms with E-state index in [1.165, 1.54) is 0 Å². The van der Waals surface area contributed by atoms with Gasteiger partial charge in [-0.3, -0.25) is 0 Å². The largest absolute Gasteiger partial charge is 0.459 e. The molecule has 6 nitrogen and oxygen atoms in total. The number of thioether (sulfide) groups is 1. The van der Waals surface area contributed by atoms with Crippen LogP contribution in [-0.2, 0) is 7.05 Å². The van der Waals surface area contributed by atoms with Crippen LogP contribution >= 0.6 is 11.8 Å². The summed E-state index contributed by atoms with van der Waals surface area (Å²) in [4.78, 5) is 0. The van der Waals surface area contributed by atoms with Gasteiger partial charge < -0.3 is 9.73 Å². The van der Waals surface area contributed by atoms with Crippen molar-refractivity contribution in [3.05, 3.63) is 36.1 Å². The zero-order valence-corrected chi connectivity index (χ0v) is 12.1. The molecule has 7 heteroatoms. The molecule has 20 heavy (non-hydrogen) atoms. The Bertz CT molecular complexity index is 674. The van der Waals surface area contributed by atoms with Crippen LogP contribution in [0.25, 0.3) is 11.0 Å². The molecule has 2 heterocycles. The Hall–Kier alpha value is -1.86. The molecule has 0 radical (unpaired) electrons. The molecule has 0 fully saturated rings. The first kappa shape index (κ1) is 13.1. The maximum Gasteiger partial charge on any atom is 0.209 e. The number of para-hydroxylation sites is 1. The second-order valence-electron chi connectivity index (χ2n) is 4.42. The molecule has 1 atom stereocenters. The highest BCUT2D eigenvalue weighted by Crippen LogP contribution is 2.27. The monoisotopic (exact) mass is 289 g/mol. The maximum atomic E-state index is 5.89. The molecule has 0 spiro atoms. The van der Waals surface area contributed by atoms with Gasteiger partial charge >= 0.3 is 0 Å². The third-order valence-electron chi connectivity index (χ3n) is 3.10. The fourth-order valence-electron chi connectivity index (χ4n) is 1.98. The summed E-state index contributed by atoms with van der Waals surface area (Å²) in [5.74, 6) is 1.72. The summed E-state index contributed by atoms with van der Waals surface area (Å²) >= 11 is 1.60. The number of furan rings is 1. The zero-order chi connectivity index (χ0) is 13.9. The lowest BCUT2D eigenvalue weighted by molar-refractivity contribution is 0.478. The summed E-state index contributed by atoms with van der Waals surface area (Å²) in [6.07, 6.45) is 0. The Morgan fingerprint density at radius 2 is 2.25 bits per heavy atom. The summed E-state index contributed by atoms with van der Waals surface area (Å²) in [5, 5.41) is 16.6. The van der Waals surface area contributed by atoms with E-state index in [0.29, 0.717) is 0 Å². The second-order valence-corrected chi connectivity index (χ2v) is 5.41. The Balaban J connectivity index is 1.77. The summed E-state index contributed by atoms with van der Waals surface area (Å²) in [6, 6.07) is 10.2. The van der Waals surface area contributed by atoms with Gasteiger partial charge in [0, 0.05) is 18.2 Å². The molecule has 3 rings (SSSR count). The molecule has 0 aliphatic heterocycles. The first-order chi connectivity index (χ1) is 9.78. The summed E-state index contributed by atoms with van der Waals surface area (Å²) in [6.45, 7) is 0. The molecule has 0 bridgehead atoms. The van der Waals surface area contributed by atoms with Crippen molar-refractivity contribution >= 4 is 22.7 Å². The van der Waals surface area contributed by atoms with E-state index in [-0.39, 0.29) is 6.04 Å². The van der Waals surface area contributed by atoms with E-state index in [0.717, 1.165) is 27.6 Å². The third kappa shape index (κ3) is 2.54. The Morgan fingerprint density at radius 1 is 1.40 bits per heavy atom. The van der Waals surface area contributed by atoms with Crippen molar-refractivity contribution in [2.24, 2.45) is 7.05 Å². The molecule has 0 amide bonds. The average molecular weight is 289 g/mol. The molecule has 1 aromatic carbocycles. The van der Waals surface area contributed by atoms with Crippen LogP contribution in [0, 0.1) is 0 Å². The fourth-order valence-corrected chi connectivity index (χ4v) is 2.95. The molecule has 0 saturated heterocycles. The lowest BCUT2D eigenvalue weighted by Crippen LogP contribution is -2.18. The normalized spacial score (nSPS) is 12.9. The summed E-state index contributed by atoms with van der Waals surface area (Å²) in [7, 11) is 3.76. The number of nitrogens with one attached hydrogen (secondary N) is 1. The van der Waals surface area contributed by atoms with Crippen LogP contribution in [0.15, 0.2) is 39.9 Å². The quantitative estimate of drug-likeness (QED) is 0.725. The number of tetrazole rings is 1. The van der Waals surface area contributed by atoms with E-state index in [4.69, 9.17) is 4.42 Å². The van der Waals surface area contributed by atoms with Crippen LogP contribution in [0.3, 0.4) is 0 Å². The smallest absolute Gasteiger partial charge is 0.209 e. The molecular formula is C13H15N5OS. The zero-order valence-electron chi connectivity index (χ0n) is 11.3. The van der Waals surface area contributed by atoms with E-state index < -0.39 is 0 Å². The number of hydrogen-bond acceptors (Lipinski definition) is 6. The number of nitrogens with zero attached hydrogens (tertiary/aromatic N) is 4. The van der Waals surface area contributed by atoms with Gasteiger partial charge in [0.25, 0.3) is 0 Å². The number of rotatable bonds is 5. The average Bonchev–Trinajstić information content (AvgIpc) is 3.06. The summed E-state index contributed by atoms with van der Waals surface area (Å²) < 4.78 is 7.55. The number of hydrogen-bond donors (Lipinski definition) is 1. The lowest BCUT2D eigenvalue weighted by atomic mass is 10.2. The SMILES string of the molecule is CNC(CSc1nnnn1C)c1cc2ccccc2o1. The standard InChI is InChI=1S/C13H15N5OS/c1-14-10(8-20-13-15-16-17-18(13)2)12-7-9-5-3-4-6-11(9)19-12/h3-7,10,14H,8H2,1-2H3. The fraction of sp³-hybridized carbons (Fsp3) is 0.308. The van der Waals surface area contributed by atoms with Gasteiger partial charge in [0.15, 0.2) is 0 Å².